The smallest absolute Gasteiger partial charge is 0.308 e. The fourth-order valence-electron chi connectivity index (χ4n) is 3.73. The van der Waals surface area contributed by atoms with Crippen LogP contribution in [0.3, 0.4) is 0 Å². The summed E-state index contributed by atoms with van der Waals surface area (Å²) < 4.78 is 0. The molecule has 2 aliphatic rings. The Morgan fingerprint density at radius 1 is 1.21 bits per heavy atom. The highest BCUT2D eigenvalue weighted by Crippen LogP contribution is 2.42. The van der Waals surface area contributed by atoms with Crippen LogP contribution in [0, 0.1) is 17.3 Å². The minimum Gasteiger partial charge on any atom is -0.481 e. The zero-order chi connectivity index (χ0) is 14.2. The Morgan fingerprint density at radius 2 is 1.89 bits per heavy atom. The molecule has 4 nitrogen and oxygen atoms in total. The van der Waals surface area contributed by atoms with Crippen molar-refractivity contribution in [1.82, 2.24) is 4.90 Å². The largest absolute Gasteiger partial charge is 0.481 e. The predicted octanol–water partition coefficient (Wildman–Crippen LogP) is 2.52. The van der Waals surface area contributed by atoms with Crippen LogP contribution in [0.15, 0.2) is 0 Å². The van der Waals surface area contributed by atoms with Crippen LogP contribution in [0.25, 0.3) is 0 Å². The first-order valence-corrected chi connectivity index (χ1v) is 7.38. The third-order valence-corrected chi connectivity index (χ3v) is 5.16. The lowest BCUT2D eigenvalue weighted by Gasteiger charge is -2.40. The minimum atomic E-state index is -0.772. The molecule has 1 saturated heterocycles. The average molecular weight is 267 g/mol. The van der Waals surface area contributed by atoms with E-state index in [9.17, 15) is 9.59 Å². The number of rotatable bonds is 2. The van der Waals surface area contributed by atoms with Gasteiger partial charge in [-0.15, -0.1) is 0 Å². The maximum Gasteiger partial charge on any atom is 0.308 e. The van der Waals surface area contributed by atoms with Crippen LogP contribution in [0.4, 0.5) is 0 Å². The third-order valence-electron chi connectivity index (χ3n) is 5.16. The lowest BCUT2D eigenvalue weighted by atomic mass is 9.68. The number of amides is 1. The van der Waals surface area contributed by atoms with Gasteiger partial charge in [0.1, 0.15) is 0 Å². The van der Waals surface area contributed by atoms with E-state index in [2.05, 4.69) is 13.8 Å². The number of carboxylic acids is 1. The first-order valence-electron chi connectivity index (χ1n) is 7.38. The van der Waals surface area contributed by atoms with Crippen LogP contribution in [-0.4, -0.2) is 34.5 Å². The Hall–Kier alpha value is -1.06. The van der Waals surface area contributed by atoms with Crippen molar-refractivity contribution in [2.24, 2.45) is 17.3 Å². The molecule has 0 aromatic heterocycles. The maximum atomic E-state index is 12.7. The molecular formula is C15H25NO3. The van der Waals surface area contributed by atoms with Gasteiger partial charge < -0.3 is 10.0 Å². The molecule has 3 atom stereocenters. The van der Waals surface area contributed by atoms with Crippen molar-refractivity contribution in [3.05, 3.63) is 0 Å². The molecule has 108 valence electrons. The molecule has 0 bridgehead atoms. The molecule has 1 heterocycles. The molecule has 0 spiro atoms. The van der Waals surface area contributed by atoms with E-state index in [-0.39, 0.29) is 23.3 Å². The number of hydrogen-bond acceptors (Lipinski definition) is 2. The molecule has 0 aromatic carbocycles. The number of aliphatic carboxylic acids is 1. The van der Waals surface area contributed by atoms with Gasteiger partial charge in [0.25, 0.3) is 0 Å². The molecule has 19 heavy (non-hydrogen) atoms. The topological polar surface area (TPSA) is 57.6 Å². The van der Waals surface area contributed by atoms with E-state index in [0.717, 1.165) is 19.3 Å². The number of carbonyl (C=O) groups is 2. The van der Waals surface area contributed by atoms with Gasteiger partial charge in [0.15, 0.2) is 0 Å². The van der Waals surface area contributed by atoms with E-state index in [0.29, 0.717) is 13.0 Å². The second kappa shape index (κ2) is 5.14. The SMILES string of the molecule is CC1C(C(=O)O)CCN1C(=O)C1CCCCC1(C)C. The summed E-state index contributed by atoms with van der Waals surface area (Å²) in [4.78, 5) is 25.7. The quantitative estimate of drug-likeness (QED) is 0.836. The van der Waals surface area contributed by atoms with Crippen LogP contribution in [0.5, 0.6) is 0 Å². The number of nitrogens with zero attached hydrogens (tertiary/aromatic N) is 1. The van der Waals surface area contributed by atoms with Gasteiger partial charge in [-0.25, -0.2) is 0 Å². The van der Waals surface area contributed by atoms with Crippen molar-refractivity contribution < 1.29 is 14.7 Å². The molecule has 2 rings (SSSR count). The van der Waals surface area contributed by atoms with Crippen molar-refractivity contribution in [3.63, 3.8) is 0 Å². The zero-order valence-electron chi connectivity index (χ0n) is 12.2. The predicted molar refractivity (Wildman–Crippen MR) is 72.7 cm³/mol. The average Bonchev–Trinajstić information content (AvgIpc) is 2.70. The van der Waals surface area contributed by atoms with Gasteiger partial charge in [-0.05, 0) is 31.6 Å². The summed E-state index contributed by atoms with van der Waals surface area (Å²) in [6, 6.07) is -0.164. The van der Waals surface area contributed by atoms with Crippen molar-refractivity contribution in [1.29, 1.82) is 0 Å². The van der Waals surface area contributed by atoms with Crippen molar-refractivity contribution in [3.8, 4) is 0 Å². The molecular weight excluding hydrogens is 242 g/mol. The Labute approximate surface area is 115 Å². The Kier molecular flexibility index (Phi) is 3.88. The molecule has 0 radical (unpaired) electrons. The lowest BCUT2D eigenvalue weighted by molar-refractivity contribution is -0.145. The number of carbonyl (C=O) groups excluding carboxylic acids is 1. The van der Waals surface area contributed by atoms with Gasteiger partial charge in [-0.3, -0.25) is 9.59 Å². The van der Waals surface area contributed by atoms with Gasteiger partial charge in [0, 0.05) is 18.5 Å². The van der Waals surface area contributed by atoms with Gasteiger partial charge in [0.2, 0.25) is 5.91 Å². The molecule has 1 aliphatic heterocycles. The molecule has 4 heteroatoms. The van der Waals surface area contributed by atoms with E-state index in [1.807, 2.05) is 11.8 Å². The Morgan fingerprint density at radius 3 is 2.42 bits per heavy atom. The molecule has 1 amide bonds. The van der Waals surface area contributed by atoms with Crippen LogP contribution in [-0.2, 0) is 9.59 Å². The van der Waals surface area contributed by atoms with Gasteiger partial charge >= 0.3 is 5.97 Å². The van der Waals surface area contributed by atoms with E-state index in [1.165, 1.54) is 6.42 Å². The summed E-state index contributed by atoms with van der Waals surface area (Å²) in [6.45, 7) is 6.82. The highest BCUT2D eigenvalue weighted by molar-refractivity contribution is 5.82. The normalized spacial score (nSPS) is 34.3. The molecule has 3 unspecified atom stereocenters. The molecule has 0 aromatic rings. The number of likely N-dealkylation sites (tertiary alicyclic amines) is 1. The molecule has 1 saturated carbocycles. The summed E-state index contributed by atoms with van der Waals surface area (Å²) in [5.74, 6) is -0.918. The second-order valence-corrected chi connectivity index (χ2v) is 6.79. The fourth-order valence-corrected chi connectivity index (χ4v) is 3.73. The number of carboxylic acid groups (broad SMARTS) is 1. The van der Waals surface area contributed by atoms with Crippen LogP contribution >= 0.6 is 0 Å². The summed E-state index contributed by atoms with van der Waals surface area (Å²) >= 11 is 0. The maximum absolute atomic E-state index is 12.7. The van der Waals surface area contributed by atoms with E-state index in [1.54, 1.807) is 0 Å². The number of hydrogen-bond donors (Lipinski definition) is 1. The standard InChI is InChI=1S/C15H25NO3/c1-10-11(14(18)19)7-9-16(10)13(17)12-6-4-5-8-15(12,2)3/h10-12H,4-9H2,1-3H3,(H,18,19). The van der Waals surface area contributed by atoms with Gasteiger partial charge in [-0.1, -0.05) is 26.7 Å². The van der Waals surface area contributed by atoms with Crippen molar-refractivity contribution >= 4 is 11.9 Å². The van der Waals surface area contributed by atoms with Gasteiger partial charge in [0.05, 0.1) is 5.92 Å². The molecule has 1 aliphatic carbocycles. The summed E-state index contributed by atoms with van der Waals surface area (Å²) in [5, 5.41) is 9.16. The molecule has 2 fully saturated rings. The Bertz CT molecular complexity index is 378. The fraction of sp³-hybridized carbons (Fsp3) is 0.867. The van der Waals surface area contributed by atoms with E-state index < -0.39 is 11.9 Å². The van der Waals surface area contributed by atoms with Crippen LogP contribution < -0.4 is 0 Å². The lowest BCUT2D eigenvalue weighted by Crippen LogP contribution is -2.46. The summed E-state index contributed by atoms with van der Waals surface area (Å²) in [5.41, 5.74) is 0.0519. The molecule has 1 N–H and O–H groups in total. The summed E-state index contributed by atoms with van der Waals surface area (Å²) in [6.07, 6.45) is 4.95. The van der Waals surface area contributed by atoms with Crippen LogP contribution in [0.1, 0.15) is 52.9 Å². The van der Waals surface area contributed by atoms with Crippen LogP contribution in [0.2, 0.25) is 0 Å². The first-order chi connectivity index (χ1) is 8.84. The van der Waals surface area contributed by atoms with Crippen molar-refractivity contribution in [2.75, 3.05) is 6.54 Å². The van der Waals surface area contributed by atoms with Crippen molar-refractivity contribution in [2.45, 2.75) is 58.9 Å². The second-order valence-electron chi connectivity index (χ2n) is 6.79. The first kappa shape index (κ1) is 14.4. The monoisotopic (exact) mass is 267 g/mol. The highest BCUT2D eigenvalue weighted by atomic mass is 16.4. The third kappa shape index (κ3) is 2.63. The van der Waals surface area contributed by atoms with E-state index >= 15 is 0 Å². The minimum absolute atomic E-state index is 0.0519. The highest BCUT2D eigenvalue weighted by Gasteiger charge is 2.44. The summed E-state index contributed by atoms with van der Waals surface area (Å²) in [7, 11) is 0. The van der Waals surface area contributed by atoms with E-state index in [4.69, 9.17) is 5.11 Å². The zero-order valence-corrected chi connectivity index (χ0v) is 12.2. The Balaban J connectivity index is 2.10. The van der Waals surface area contributed by atoms with Gasteiger partial charge in [-0.2, -0.15) is 0 Å².